The van der Waals surface area contributed by atoms with Gasteiger partial charge >= 0.3 is 25.0 Å². The number of ether oxygens (including phenoxy) is 3. The van der Waals surface area contributed by atoms with Crippen LogP contribution < -0.4 is 0 Å². The fourth-order valence-electron chi connectivity index (χ4n) is 2.04. The molecule has 0 N–H and O–H groups in total. The van der Waals surface area contributed by atoms with Crippen LogP contribution in [-0.4, -0.2) is 56.6 Å². The molecule has 0 bridgehead atoms. The Labute approximate surface area is 147 Å². The van der Waals surface area contributed by atoms with E-state index >= 15 is 0 Å². The predicted octanol–water partition coefficient (Wildman–Crippen LogP) is 1.28. The summed E-state index contributed by atoms with van der Waals surface area (Å²) in [5.74, 6) is -1.73. The highest BCUT2D eigenvalue weighted by Crippen LogP contribution is 2.23. The summed E-state index contributed by atoms with van der Waals surface area (Å²) in [7, 11) is 0.484. The summed E-state index contributed by atoms with van der Waals surface area (Å²) in [5.41, 5.74) is 0. The fourth-order valence-corrected chi connectivity index (χ4v) is 2.04. The van der Waals surface area contributed by atoms with Gasteiger partial charge in [0.25, 0.3) is 0 Å². The molecule has 0 amide bonds. The monoisotopic (exact) mass is 356 g/mol. The van der Waals surface area contributed by atoms with Crippen LogP contribution in [0.4, 0.5) is 0 Å². The molecule has 0 aromatic heterocycles. The zero-order chi connectivity index (χ0) is 19.0. The molecule has 2 atom stereocenters. The molecule has 140 valence electrons. The van der Waals surface area contributed by atoms with E-state index in [0.717, 1.165) is 0 Å². The first kappa shape index (κ1) is 21.2. The molecule has 1 aliphatic heterocycles. The molecule has 1 saturated heterocycles. The molecule has 0 aromatic carbocycles. The van der Waals surface area contributed by atoms with Crippen LogP contribution in [0.3, 0.4) is 0 Å². The highest BCUT2D eigenvalue weighted by molar-refractivity contribution is 6.46. The molecule has 1 heterocycles. The van der Waals surface area contributed by atoms with E-state index in [-0.39, 0.29) is 30.9 Å². The van der Waals surface area contributed by atoms with E-state index in [9.17, 15) is 14.4 Å². The van der Waals surface area contributed by atoms with Crippen LogP contribution in [0, 0.1) is 0 Å². The first-order valence-electron chi connectivity index (χ1n) is 8.18. The first-order chi connectivity index (χ1) is 11.7. The van der Waals surface area contributed by atoms with E-state index < -0.39 is 31.3 Å². The number of carbonyl (C=O) groups excluding carboxylic acids is 3. The minimum Gasteiger partial charge on any atom is -0.469 e. The number of esters is 3. The second-order valence-electron chi connectivity index (χ2n) is 6.00. The lowest BCUT2D eigenvalue weighted by Crippen LogP contribution is -2.40. The van der Waals surface area contributed by atoms with Crippen LogP contribution in [0.1, 0.15) is 34.1 Å². The van der Waals surface area contributed by atoms with Crippen molar-refractivity contribution in [2.75, 3.05) is 7.11 Å². The molecule has 0 aliphatic carbocycles. The van der Waals surface area contributed by atoms with Gasteiger partial charge in [0.2, 0.25) is 0 Å². The van der Waals surface area contributed by atoms with Crippen molar-refractivity contribution in [2.45, 2.75) is 64.9 Å². The molecule has 0 unspecified atom stereocenters. The van der Waals surface area contributed by atoms with E-state index in [2.05, 4.69) is 4.74 Å². The van der Waals surface area contributed by atoms with Gasteiger partial charge < -0.3 is 23.5 Å². The smallest absolute Gasteiger partial charge is 0.462 e. The van der Waals surface area contributed by atoms with Gasteiger partial charge in [0.1, 0.15) is 0 Å². The van der Waals surface area contributed by atoms with Crippen LogP contribution in [0.25, 0.3) is 0 Å². The van der Waals surface area contributed by atoms with Gasteiger partial charge in [-0.2, -0.15) is 0 Å². The molecular weight excluding hydrogens is 331 g/mol. The average Bonchev–Trinajstić information content (AvgIpc) is 2.94. The van der Waals surface area contributed by atoms with Gasteiger partial charge in [-0.25, -0.2) is 9.59 Å². The van der Waals surface area contributed by atoms with Crippen molar-refractivity contribution in [3.05, 3.63) is 12.2 Å². The maximum Gasteiger partial charge on any atom is 0.462 e. The van der Waals surface area contributed by atoms with Crippen molar-refractivity contribution in [3.63, 3.8) is 0 Å². The predicted molar refractivity (Wildman–Crippen MR) is 88.5 cm³/mol. The van der Waals surface area contributed by atoms with Gasteiger partial charge in [-0.3, -0.25) is 4.79 Å². The minimum atomic E-state index is -1.19. The standard InChI is InChI=1S/C16H25BO8/c1-10(2)22-15(19)13-14(16(20)23-11(3)4)25-17(24-13)9-7-6-8-12(18)21-5/h6-7,10-11,13-14H,8-9H2,1-5H3/b7-6+/t13-,14-/m1/s1. The largest absolute Gasteiger partial charge is 0.469 e. The topological polar surface area (TPSA) is 97.4 Å². The van der Waals surface area contributed by atoms with Crippen LogP contribution in [0.2, 0.25) is 6.32 Å². The van der Waals surface area contributed by atoms with Crippen molar-refractivity contribution >= 4 is 25.0 Å². The first-order valence-corrected chi connectivity index (χ1v) is 8.18. The summed E-state index contributed by atoms with van der Waals surface area (Å²) in [5, 5.41) is 0. The van der Waals surface area contributed by atoms with Gasteiger partial charge in [-0.15, -0.1) is 0 Å². The zero-order valence-electron chi connectivity index (χ0n) is 15.2. The molecular formula is C16H25BO8. The van der Waals surface area contributed by atoms with Gasteiger partial charge in [0.05, 0.1) is 25.7 Å². The Bertz CT molecular complexity index is 472. The average molecular weight is 356 g/mol. The summed E-state index contributed by atoms with van der Waals surface area (Å²) < 4.78 is 25.8. The number of methoxy groups -OCH3 is 1. The van der Waals surface area contributed by atoms with Crippen LogP contribution in [-0.2, 0) is 37.9 Å². The van der Waals surface area contributed by atoms with Gasteiger partial charge in [0, 0.05) is 6.32 Å². The lowest BCUT2D eigenvalue weighted by molar-refractivity contribution is -0.167. The van der Waals surface area contributed by atoms with E-state index in [1.807, 2.05) is 0 Å². The molecule has 8 nitrogen and oxygen atoms in total. The number of rotatable bonds is 8. The summed E-state index contributed by atoms with van der Waals surface area (Å²) in [6, 6.07) is 0. The molecule has 1 fully saturated rings. The van der Waals surface area contributed by atoms with E-state index in [1.165, 1.54) is 7.11 Å². The van der Waals surface area contributed by atoms with E-state index in [0.29, 0.717) is 0 Å². The summed E-state index contributed by atoms with van der Waals surface area (Å²) in [6.45, 7) is 6.79. The van der Waals surface area contributed by atoms with Crippen molar-refractivity contribution in [2.24, 2.45) is 0 Å². The lowest BCUT2D eigenvalue weighted by Gasteiger charge is -2.18. The Balaban J connectivity index is 2.70. The Morgan fingerprint density at radius 3 is 1.84 bits per heavy atom. The molecule has 1 aliphatic rings. The maximum atomic E-state index is 12.1. The SMILES string of the molecule is COC(=O)C/C=C/CB1O[C@@H](C(=O)OC(C)C)[C@H](C(=O)OC(C)C)O1. The summed E-state index contributed by atoms with van der Waals surface area (Å²) in [4.78, 5) is 35.3. The second-order valence-corrected chi connectivity index (χ2v) is 6.00. The molecule has 0 aromatic rings. The molecule has 0 radical (unpaired) electrons. The van der Waals surface area contributed by atoms with Gasteiger partial charge in [-0.05, 0) is 27.7 Å². The number of hydrogen-bond acceptors (Lipinski definition) is 8. The van der Waals surface area contributed by atoms with Crippen molar-refractivity contribution in [3.8, 4) is 0 Å². The maximum absolute atomic E-state index is 12.1. The fraction of sp³-hybridized carbons (Fsp3) is 0.688. The Kier molecular flexibility index (Phi) is 8.64. The number of allylic oxidation sites excluding steroid dienone is 1. The lowest BCUT2D eigenvalue weighted by atomic mass is 9.85. The Hall–Kier alpha value is -1.87. The Morgan fingerprint density at radius 2 is 1.44 bits per heavy atom. The van der Waals surface area contributed by atoms with Crippen molar-refractivity contribution in [1.82, 2.24) is 0 Å². The molecule has 0 saturated carbocycles. The van der Waals surface area contributed by atoms with Crippen molar-refractivity contribution < 1.29 is 37.9 Å². The summed E-state index contributed by atoms with van der Waals surface area (Å²) in [6.07, 6.45) is 0.547. The minimum absolute atomic E-state index is 0.112. The second kappa shape index (κ2) is 10.2. The van der Waals surface area contributed by atoms with Gasteiger partial charge in [0.15, 0.2) is 12.2 Å². The number of carbonyl (C=O) groups is 3. The van der Waals surface area contributed by atoms with Crippen molar-refractivity contribution in [1.29, 1.82) is 0 Å². The normalized spacial score (nSPS) is 20.4. The zero-order valence-corrected chi connectivity index (χ0v) is 15.2. The third-order valence-corrected chi connectivity index (χ3v) is 3.05. The van der Waals surface area contributed by atoms with Crippen LogP contribution in [0.15, 0.2) is 12.2 Å². The Morgan fingerprint density at radius 1 is 0.960 bits per heavy atom. The third kappa shape index (κ3) is 7.27. The quantitative estimate of drug-likeness (QED) is 0.278. The molecule has 9 heteroatoms. The third-order valence-electron chi connectivity index (χ3n) is 3.05. The highest BCUT2D eigenvalue weighted by atomic mass is 16.7. The molecule has 1 rings (SSSR count). The molecule has 0 spiro atoms. The van der Waals surface area contributed by atoms with Crippen LogP contribution >= 0.6 is 0 Å². The summed E-state index contributed by atoms with van der Waals surface area (Å²) >= 11 is 0. The van der Waals surface area contributed by atoms with E-state index in [4.69, 9.17) is 18.8 Å². The highest BCUT2D eigenvalue weighted by Gasteiger charge is 2.48. The van der Waals surface area contributed by atoms with Gasteiger partial charge in [-0.1, -0.05) is 12.2 Å². The van der Waals surface area contributed by atoms with E-state index in [1.54, 1.807) is 39.8 Å². The molecule has 25 heavy (non-hydrogen) atoms. The van der Waals surface area contributed by atoms with Crippen LogP contribution in [0.5, 0.6) is 0 Å². The number of hydrogen-bond donors (Lipinski definition) is 0.